The quantitative estimate of drug-likeness (QED) is 0.510. The Balaban J connectivity index is 2.57. The van der Waals surface area contributed by atoms with E-state index in [1.165, 1.54) is 0 Å². The third-order valence-corrected chi connectivity index (χ3v) is 2.15. The van der Waals surface area contributed by atoms with Crippen LogP contribution in [0.15, 0.2) is 24.0 Å². The number of rotatable bonds is 4. The van der Waals surface area contributed by atoms with Crippen molar-refractivity contribution in [3.8, 4) is 0 Å². The SMILES string of the molecule is C=CCC1CC(C(=O)OCC)=C(C)O1. The molecular formula is C11H16O3. The Bertz CT molecular complexity index is 266. The van der Waals surface area contributed by atoms with Crippen LogP contribution in [0.25, 0.3) is 0 Å². The molecule has 3 heteroatoms. The maximum absolute atomic E-state index is 11.4. The molecule has 1 atom stereocenters. The van der Waals surface area contributed by atoms with E-state index in [-0.39, 0.29) is 12.1 Å². The van der Waals surface area contributed by atoms with E-state index in [1.807, 2.05) is 0 Å². The van der Waals surface area contributed by atoms with Gasteiger partial charge in [-0.25, -0.2) is 4.79 Å². The van der Waals surface area contributed by atoms with Gasteiger partial charge in [-0.2, -0.15) is 0 Å². The van der Waals surface area contributed by atoms with E-state index in [1.54, 1.807) is 19.9 Å². The fraction of sp³-hybridized carbons (Fsp3) is 0.545. The van der Waals surface area contributed by atoms with Crippen LogP contribution in [-0.4, -0.2) is 18.7 Å². The fourth-order valence-corrected chi connectivity index (χ4v) is 1.50. The lowest BCUT2D eigenvalue weighted by molar-refractivity contribution is -0.138. The first-order valence-corrected chi connectivity index (χ1v) is 4.83. The summed E-state index contributed by atoms with van der Waals surface area (Å²) < 4.78 is 10.4. The zero-order valence-electron chi connectivity index (χ0n) is 8.71. The second-order valence-electron chi connectivity index (χ2n) is 3.22. The Kier molecular flexibility index (Phi) is 3.74. The molecule has 0 aromatic carbocycles. The molecule has 0 aliphatic carbocycles. The highest BCUT2D eigenvalue weighted by Gasteiger charge is 2.27. The maximum Gasteiger partial charge on any atom is 0.337 e. The highest BCUT2D eigenvalue weighted by molar-refractivity contribution is 5.89. The molecule has 3 nitrogen and oxygen atoms in total. The van der Waals surface area contributed by atoms with Crippen molar-refractivity contribution in [2.45, 2.75) is 32.8 Å². The standard InChI is InChI=1S/C11H16O3/c1-4-6-9-7-10(8(3)14-9)11(12)13-5-2/h4,9H,1,5-7H2,2-3H3. The molecular weight excluding hydrogens is 180 g/mol. The van der Waals surface area contributed by atoms with E-state index in [0.717, 1.165) is 6.42 Å². The fourth-order valence-electron chi connectivity index (χ4n) is 1.50. The van der Waals surface area contributed by atoms with E-state index >= 15 is 0 Å². The Morgan fingerprint density at radius 3 is 3.07 bits per heavy atom. The minimum Gasteiger partial charge on any atom is -0.494 e. The molecule has 1 rings (SSSR count). The van der Waals surface area contributed by atoms with Crippen LogP contribution in [0.1, 0.15) is 26.7 Å². The molecule has 1 aliphatic rings. The van der Waals surface area contributed by atoms with Crippen LogP contribution in [0.3, 0.4) is 0 Å². The van der Waals surface area contributed by atoms with Gasteiger partial charge in [0.1, 0.15) is 11.9 Å². The summed E-state index contributed by atoms with van der Waals surface area (Å²) in [6.45, 7) is 7.64. The van der Waals surface area contributed by atoms with Gasteiger partial charge in [-0.1, -0.05) is 6.08 Å². The lowest BCUT2D eigenvalue weighted by Crippen LogP contribution is -2.09. The summed E-state index contributed by atoms with van der Waals surface area (Å²) >= 11 is 0. The molecule has 0 fully saturated rings. The number of allylic oxidation sites excluding steroid dienone is 1. The topological polar surface area (TPSA) is 35.5 Å². The predicted octanol–water partition coefficient (Wildman–Crippen LogP) is 2.19. The van der Waals surface area contributed by atoms with Gasteiger partial charge in [0.25, 0.3) is 0 Å². The summed E-state index contributed by atoms with van der Waals surface area (Å²) in [5.41, 5.74) is 0.665. The van der Waals surface area contributed by atoms with Gasteiger partial charge in [-0.3, -0.25) is 0 Å². The van der Waals surface area contributed by atoms with Gasteiger partial charge in [-0.05, 0) is 13.8 Å². The van der Waals surface area contributed by atoms with Gasteiger partial charge in [0.2, 0.25) is 0 Å². The molecule has 14 heavy (non-hydrogen) atoms. The summed E-state index contributed by atoms with van der Waals surface area (Å²) in [6, 6.07) is 0. The molecule has 0 N–H and O–H groups in total. The van der Waals surface area contributed by atoms with Crippen molar-refractivity contribution in [2.24, 2.45) is 0 Å². The van der Waals surface area contributed by atoms with Crippen LogP contribution in [-0.2, 0) is 14.3 Å². The van der Waals surface area contributed by atoms with Crippen molar-refractivity contribution in [2.75, 3.05) is 6.61 Å². The first-order valence-electron chi connectivity index (χ1n) is 4.83. The Hall–Kier alpha value is -1.25. The van der Waals surface area contributed by atoms with Crippen molar-refractivity contribution in [1.29, 1.82) is 0 Å². The average Bonchev–Trinajstić information content (AvgIpc) is 2.48. The highest BCUT2D eigenvalue weighted by Crippen LogP contribution is 2.27. The second-order valence-corrected chi connectivity index (χ2v) is 3.22. The average molecular weight is 196 g/mol. The van der Waals surface area contributed by atoms with E-state index < -0.39 is 0 Å². The van der Waals surface area contributed by atoms with E-state index in [2.05, 4.69) is 6.58 Å². The molecule has 0 bridgehead atoms. The molecule has 0 aromatic heterocycles. The Labute approximate surface area is 84.4 Å². The number of carbonyl (C=O) groups excluding carboxylic acids is 1. The number of ether oxygens (including phenoxy) is 2. The molecule has 1 aliphatic heterocycles. The number of esters is 1. The lowest BCUT2D eigenvalue weighted by Gasteiger charge is -2.07. The number of carbonyl (C=O) groups is 1. The first-order chi connectivity index (χ1) is 6.69. The Morgan fingerprint density at radius 1 is 1.79 bits per heavy atom. The Morgan fingerprint density at radius 2 is 2.50 bits per heavy atom. The lowest BCUT2D eigenvalue weighted by atomic mass is 10.1. The van der Waals surface area contributed by atoms with Crippen LogP contribution in [0.5, 0.6) is 0 Å². The summed E-state index contributed by atoms with van der Waals surface area (Å²) in [5, 5.41) is 0. The minimum atomic E-state index is -0.253. The summed E-state index contributed by atoms with van der Waals surface area (Å²) in [7, 11) is 0. The van der Waals surface area contributed by atoms with Gasteiger partial charge in [0, 0.05) is 12.8 Å². The van der Waals surface area contributed by atoms with E-state index in [4.69, 9.17) is 9.47 Å². The predicted molar refractivity (Wildman–Crippen MR) is 53.6 cm³/mol. The van der Waals surface area contributed by atoms with Crippen LogP contribution >= 0.6 is 0 Å². The van der Waals surface area contributed by atoms with Gasteiger partial charge in [-0.15, -0.1) is 6.58 Å². The van der Waals surface area contributed by atoms with Crippen molar-refractivity contribution in [3.63, 3.8) is 0 Å². The molecule has 0 radical (unpaired) electrons. The van der Waals surface area contributed by atoms with Gasteiger partial charge in [0.05, 0.1) is 12.2 Å². The second kappa shape index (κ2) is 4.84. The third kappa shape index (κ3) is 2.37. The highest BCUT2D eigenvalue weighted by atomic mass is 16.5. The van der Waals surface area contributed by atoms with Crippen LogP contribution < -0.4 is 0 Å². The molecule has 0 amide bonds. The minimum absolute atomic E-state index is 0.0620. The van der Waals surface area contributed by atoms with Gasteiger partial charge in [0.15, 0.2) is 0 Å². The zero-order chi connectivity index (χ0) is 10.6. The number of hydrogen-bond donors (Lipinski definition) is 0. The third-order valence-electron chi connectivity index (χ3n) is 2.15. The van der Waals surface area contributed by atoms with E-state index in [0.29, 0.717) is 24.4 Å². The van der Waals surface area contributed by atoms with Crippen LogP contribution in [0.4, 0.5) is 0 Å². The smallest absolute Gasteiger partial charge is 0.337 e. The molecule has 0 aromatic rings. The monoisotopic (exact) mass is 196 g/mol. The zero-order valence-corrected chi connectivity index (χ0v) is 8.71. The maximum atomic E-state index is 11.4. The van der Waals surface area contributed by atoms with Crippen molar-refractivity contribution in [3.05, 3.63) is 24.0 Å². The largest absolute Gasteiger partial charge is 0.494 e. The first kappa shape index (κ1) is 10.8. The normalized spacial score (nSPS) is 20.6. The van der Waals surface area contributed by atoms with Gasteiger partial charge >= 0.3 is 5.97 Å². The van der Waals surface area contributed by atoms with E-state index in [9.17, 15) is 4.79 Å². The van der Waals surface area contributed by atoms with Gasteiger partial charge < -0.3 is 9.47 Å². The molecule has 1 unspecified atom stereocenters. The molecule has 0 spiro atoms. The molecule has 0 saturated carbocycles. The van der Waals surface area contributed by atoms with Crippen molar-refractivity contribution < 1.29 is 14.3 Å². The summed E-state index contributed by atoms with van der Waals surface area (Å²) in [6.07, 6.45) is 3.26. The van der Waals surface area contributed by atoms with Crippen molar-refractivity contribution in [1.82, 2.24) is 0 Å². The molecule has 0 saturated heterocycles. The summed E-state index contributed by atoms with van der Waals surface area (Å²) in [4.78, 5) is 11.4. The van der Waals surface area contributed by atoms with Crippen molar-refractivity contribution >= 4 is 5.97 Å². The van der Waals surface area contributed by atoms with Crippen LogP contribution in [0.2, 0.25) is 0 Å². The number of hydrogen-bond acceptors (Lipinski definition) is 3. The van der Waals surface area contributed by atoms with Crippen LogP contribution in [0, 0.1) is 0 Å². The summed E-state index contributed by atoms with van der Waals surface area (Å²) in [5.74, 6) is 0.437. The molecule has 78 valence electrons. The molecule has 1 heterocycles.